The predicted molar refractivity (Wildman–Crippen MR) is 171 cm³/mol. The molecule has 4 atom stereocenters. The van der Waals surface area contributed by atoms with Gasteiger partial charge in [-0.15, -0.1) is 0 Å². The van der Waals surface area contributed by atoms with Gasteiger partial charge < -0.3 is 19.0 Å². The fourth-order valence-electron chi connectivity index (χ4n) is 5.62. The first kappa shape index (κ1) is 32.9. The second-order valence-corrected chi connectivity index (χ2v) is 16.5. The summed E-state index contributed by atoms with van der Waals surface area (Å²) in [4.78, 5) is 0. The molecule has 0 unspecified atom stereocenters. The van der Waals surface area contributed by atoms with E-state index in [0.29, 0.717) is 0 Å². The summed E-state index contributed by atoms with van der Waals surface area (Å²) in [7, 11) is -2.79. The minimum absolute atomic E-state index is 0.182. The van der Waals surface area contributed by atoms with Crippen molar-refractivity contribution in [2.24, 2.45) is 0 Å². The van der Waals surface area contributed by atoms with Crippen molar-refractivity contribution in [2.75, 3.05) is 0 Å². The SMILES string of the molecule is C=C[C@H](C#CC#C[C@@H](O)[C@H]1OC(C)(C)O[C@@H]1CCCCCCC)O[Si](c1ccccc1)(c1ccccc1)C(C)(C)C. The number of hydrogen-bond donors (Lipinski definition) is 1. The summed E-state index contributed by atoms with van der Waals surface area (Å²) in [6, 6.07) is 20.9. The lowest BCUT2D eigenvalue weighted by Crippen LogP contribution is -2.67. The van der Waals surface area contributed by atoms with E-state index in [0.717, 1.165) is 19.3 Å². The molecule has 41 heavy (non-hydrogen) atoms. The summed E-state index contributed by atoms with van der Waals surface area (Å²) in [5.74, 6) is 11.1. The largest absolute Gasteiger partial charge is 0.390 e. The van der Waals surface area contributed by atoms with Crippen LogP contribution in [0.5, 0.6) is 0 Å². The van der Waals surface area contributed by atoms with E-state index in [9.17, 15) is 5.11 Å². The number of rotatable bonds is 12. The zero-order valence-electron chi connectivity index (χ0n) is 25.8. The van der Waals surface area contributed by atoms with Crippen LogP contribution < -0.4 is 10.4 Å². The molecule has 1 N–H and O–H groups in total. The molecule has 2 aromatic rings. The Balaban J connectivity index is 1.80. The Kier molecular flexibility index (Phi) is 12.0. The number of ether oxygens (including phenoxy) is 2. The highest BCUT2D eigenvalue weighted by Gasteiger charge is 2.51. The molecule has 1 aliphatic rings. The molecule has 0 radical (unpaired) electrons. The van der Waals surface area contributed by atoms with Crippen molar-refractivity contribution in [1.29, 1.82) is 0 Å². The maximum atomic E-state index is 10.9. The third-order valence-corrected chi connectivity index (χ3v) is 12.6. The summed E-state index contributed by atoms with van der Waals surface area (Å²) in [5.41, 5.74) is 0. The fourth-order valence-corrected chi connectivity index (χ4v) is 10.2. The van der Waals surface area contributed by atoms with Crippen molar-refractivity contribution in [3.63, 3.8) is 0 Å². The van der Waals surface area contributed by atoms with Crippen LogP contribution in [0.2, 0.25) is 5.04 Å². The second kappa shape index (κ2) is 15.0. The van der Waals surface area contributed by atoms with Crippen LogP contribution in [0.3, 0.4) is 0 Å². The summed E-state index contributed by atoms with van der Waals surface area (Å²) < 4.78 is 19.2. The molecular weight excluding hydrogens is 524 g/mol. The van der Waals surface area contributed by atoms with Crippen LogP contribution >= 0.6 is 0 Å². The summed E-state index contributed by atoms with van der Waals surface area (Å²) in [6.45, 7) is 16.7. The molecule has 2 aromatic carbocycles. The lowest BCUT2D eigenvalue weighted by atomic mass is 10.0. The van der Waals surface area contributed by atoms with E-state index in [4.69, 9.17) is 13.9 Å². The Labute approximate surface area is 249 Å². The van der Waals surface area contributed by atoms with Crippen LogP contribution in [0.1, 0.15) is 80.1 Å². The van der Waals surface area contributed by atoms with Gasteiger partial charge >= 0.3 is 0 Å². The second-order valence-electron chi connectivity index (χ2n) is 12.3. The van der Waals surface area contributed by atoms with Gasteiger partial charge in [0.05, 0.1) is 6.10 Å². The molecule has 0 amide bonds. The van der Waals surface area contributed by atoms with E-state index in [-0.39, 0.29) is 11.1 Å². The fraction of sp³-hybridized carbons (Fsp3) is 0.500. The Bertz CT molecular complexity index is 1170. The average Bonchev–Trinajstić information content (AvgIpc) is 3.27. The Morgan fingerprint density at radius 3 is 2.02 bits per heavy atom. The molecule has 1 fully saturated rings. The predicted octanol–water partition coefficient (Wildman–Crippen LogP) is 6.37. The van der Waals surface area contributed by atoms with Gasteiger partial charge in [0.2, 0.25) is 0 Å². The molecule has 0 aliphatic carbocycles. The minimum Gasteiger partial charge on any atom is -0.390 e. The van der Waals surface area contributed by atoms with Crippen molar-refractivity contribution in [1.82, 2.24) is 0 Å². The van der Waals surface area contributed by atoms with E-state index < -0.39 is 32.4 Å². The lowest BCUT2D eigenvalue weighted by Gasteiger charge is -2.44. The molecule has 1 heterocycles. The van der Waals surface area contributed by atoms with Crippen LogP contribution in [-0.2, 0) is 13.9 Å². The average molecular weight is 573 g/mol. The monoisotopic (exact) mass is 572 g/mol. The summed E-state index contributed by atoms with van der Waals surface area (Å²) in [5, 5.41) is 13.1. The Morgan fingerprint density at radius 1 is 0.927 bits per heavy atom. The van der Waals surface area contributed by atoms with Gasteiger partial charge in [-0.25, -0.2) is 0 Å². The van der Waals surface area contributed by atoms with Crippen LogP contribution in [0, 0.1) is 23.7 Å². The zero-order valence-corrected chi connectivity index (χ0v) is 26.8. The number of aliphatic hydroxyl groups is 1. The Morgan fingerprint density at radius 2 is 1.49 bits per heavy atom. The van der Waals surface area contributed by atoms with Gasteiger partial charge in [0.1, 0.15) is 18.3 Å². The first-order valence-corrected chi connectivity index (χ1v) is 16.9. The quantitative estimate of drug-likeness (QED) is 0.139. The molecule has 0 saturated carbocycles. The highest BCUT2D eigenvalue weighted by molar-refractivity contribution is 6.99. The molecule has 3 rings (SSSR count). The van der Waals surface area contributed by atoms with Crippen molar-refractivity contribution in [3.8, 4) is 23.7 Å². The van der Waals surface area contributed by atoms with E-state index in [2.05, 4.69) is 106 Å². The molecule has 4 nitrogen and oxygen atoms in total. The standard InChI is InChI=1S/C36H48O4Si/c1-8-10-11-12-19-28-33-34(39-36(6,7)38-33)32(37)27-21-20-22-29(9-2)40-41(35(3,4)5,30-23-15-13-16-24-30)31-25-17-14-18-26-31/h9,13-18,23-26,29,32-34,37H,2,8,10-12,19,28H2,1,3-7H3/t29-,32-,33-,34-/m1/s1. The van der Waals surface area contributed by atoms with E-state index in [1.807, 2.05) is 26.0 Å². The summed E-state index contributed by atoms with van der Waals surface area (Å²) in [6.07, 6.45) is 6.22. The number of aliphatic hydroxyl groups excluding tert-OH is 1. The highest BCUT2D eigenvalue weighted by Crippen LogP contribution is 2.37. The first-order chi connectivity index (χ1) is 19.5. The molecule has 1 saturated heterocycles. The van der Waals surface area contributed by atoms with Crippen molar-refractivity contribution >= 4 is 18.7 Å². The maximum Gasteiger partial charge on any atom is 0.263 e. The van der Waals surface area contributed by atoms with E-state index in [1.54, 1.807) is 6.08 Å². The summed E-state index contributed by atoms with van der Waals surface area (Å²) >= 11 is 0. The number of benzene rings is 2. The van der Waals surface area contributed by atoms with Gasteiger partial charge in [-0.2, -0.15) is 0 Å². The zero-order chi connectivity index (χ0) is 29.9. The van der Waals surface area contributed by atoms with Crippen LogP contribution in [0.4, 0.5) is 0 Å². The number of hydrogen-bond acceptors (Lipinski definition) is 4. The molecule has 220 valence electrons. The smallest absolute Gasteiger partial charge is 0.263 e. The minimum atomic E-state index is -2.79. The first-order valence-electron chi connectivity index (χ1n) is 15.0. The van der Waals surface area contributed by atoms with Crippen molar-refractivity contribution in [3.05, 3.63) is 73.3 Å². The third-order valence-electron chi connectivity index (χ3n) is 7.56. The van der Waals surface area contributed by atoms with Gasteiger partial charge in [0.15, 0.2) is 5.79 Å². The van der Waals surface area contributed by atoms with Crippen LogP contribution in [0.15, 0.2) is 73.3 Å². The van der Waals surface area contributed by atoms with Gasteiger partial charge in [-0.1, -0.05) is 145 Å². The topological polar surface area (TPSA) is 47.9 Å². The van der Waals surface area contributed by atoms with E-state index in [1.165, 1.54) is 29.6 Å². The maximum absolute atomic E-state index is 10.9. The van der Waals surface area contributed by atoms with E-state index >= 15 is 0 Å². The third kappa shape index (κ3) is 8.68. The van der Waals surface area contributed by atoms with Crippen LogP contribution in [-0.4, -0.2) is 43.6 Å². The van der Waals surface area contributed by atoms with Gasteiger partial charge in [-0.3, -0.25) is 0 Å². The lowest BCUT2D eigenvalue weighted by molar-refractivity contribution is -0.152. The molecule has 0 spiro atoms. The van der Waals surface area contributed by atoms with Crippen molar-refractivity contribution in [2.45, 2.75) is 115 Å². The van der Waals surface area contributed by atoms with Crippen LogP contribution in [0.25, 0.3) is 0 Å². The molecule has 0 aromatic heterocycles. The van der Waals surface area contributed by atoms with Gasteiger partial charge in [0.25, 0.3) is 8.32 Å². The van der Waals surface area contributed by atoms with Gasteiger partial charge in [0, 0.05) is 0 Å². The molecule has 0 bridgehead atoms. The molecule has 1 aliphatic heterocycles. The van der Waals surface area contributed by atoms with Crippen molar-refractivity contribution < 1.29 is 19.0 Å². The molecule has 5 heteroatoms. The normalized spacial score (nSPS) is 19.8. The van der Waals surface area contributed by atoms with Gasteiger partial charge in [-0.05, 0) is 47.5 Å². The molecular formula is C36H48O4Si. The number of unbranched alkanes of at least 4 members (excludes halogenated alkanes) is 4. The Hall–Kier alpha value is -2.64. The highest BCUT2D eigenvalue weighted by atomic mass is 28.4.